The van der Waals surface area contributed by atoms with Crippen LogP contribution in [-0.2, 0) is 0 Å². The molecule has 6 heteroatoms. The summed E-state index contributed by atoms with van der Waals surface area (Å²) in [6.07, 6.45) is 8.09. The molecule has 188 valence electrons. The molecule has 3 aromatic carbocycles. The van der Waals surface area contributed by atoms with Crippen LogP contribution in [0.4, 0.5) is 0 Å². The minimum absolute atomic E-state index is 0.103. The zero-order valence-electron chi connectivity index (χ0n) is 20.6. The van der Waals surface area contributed by atoms with E-state index in [1.165, 1.54) is 32.1 Å². The molecule has 2 aliphatic rings. The van der Waals surface area contributed by atoms with Gasteiger partial charge in [0.1, 0.15) is 11.5 Å². The minimum Gasteiger partial charge on any atom is -0.494 e. The van der Waals surface area contributed by atoms with E-state index in [1.807, 2.05) is 12.1 Å². The molecule has 0 saturated carbocycles. The lowest BCUT2D eigenvalue weighted by Crippen LogP contribution is -2.33. The van der Waals surface area contributed by atoms with Crippen LogP contribution in [0, 0.1) is 0 Å². The number of unbranched alkanes of at least 4 members (excludes halogenated alkanes) is 5. The largest absolute Gasteiger partial charge is 0.494 e. The van der Waals surface area contributed by atoms with Gasteiger partial charge in [0.05, 0.1) is 22.8 Å². The van der Waals surface area contributed by atoms with Gasteiger partial charge in [0.2, 0.25) is 6.23 Å². The van der Waals surface area contributed by atoms with Crippen molar-refractivity contribution in [3.05, 3.63) is 92.4 Å². The first-order valence-electron chi connectivity index (χ1n) is 12.9. The quantitative estimate of drug-likeness (QED) is 0.214. The van der Waals surface area contributed by atoms with E-state index in [1.54, 1.807) is 0 Å². The molecule has 0 saturated heterocycles. The first-order valence-corrected chi connectivity index (χ1v) is 14.5. The Kier molecular flexibility index (Phi) is 8.32. The molecule has 0 radical (unpaired) electrons. The molecular formula is C30H32Br2N2O2. The predicted octanol–water partition coefficient (Wildman–Crippen LogP) is 9.19. The van der Waals surface area contributed by atoms with E-state index >= 15 is 0 Å². The van der Waals surface area contributed by atoms with E-state index in [9.17, 15) is 0 Å². The summed E-state index contributed by atoms with van der Waals surface area (Å²) in [4.78, 5) is 0. The minimum atomic E-state index is -0.311. The molecule has 0 aliphatic carbocycles. The van der Waals surface area contributed by atoms with Crippen molar-refractivity contribution in [3.8, 4) is 11.5 Å². The van der Waals surface area contributed by atoms with Gasteiger partial charge < -0.3 is 9.47 Å². The summed E-state index contributed by atoms with van der Waals surface area (Å²) >= 11 is 7.38. The van der Waals surface area contributed by atoms with Crippen molar-refractivity contribution < 1.29 is 9.47 Å². The van der Waals surface area contributed by atoms with Crippen molar-refractivity contribution in [2.75, 3.05) is 6.61 Å². The van der Waals surface area contributed by atoms with Crippen LogP contribution in [0.2, 0.25) is 0 Å². The Hall–Kier alpha value is -2.31. The standard InChI is InChI=1S/C30H32Br2N2O2/c1-2-3-4-5-6-10-17-35-24-15-13-22(14-16-24)30-34-28(20-27(33-34)21-11-8-7-9-12-21)25-18-23(31)19-26(32)29(25)36-30/h7-9,11-16,18-19,28,30H,2-6,10,17,20H2,1H3. The Balaban J connectivity index is 1.34. The monoisotopic (exact) mass is 610 g/mol. The van der Waals surface area contributed by atoms with E-state index in [-0.39, 0.29) is 12.3 Å². The highest BCUT2D eigenvalue weighted by Crippen LogP contribution is 2.50. The third-order valence-corrected chi connectivity index (χ3v) is 7.89. The second-order valence-corrected chi connectivity index (χ2v) is 11.2. The number of benzene rings is 3. The SMILES string of the molecule is CCCCCCCCOc1ccc(C2Oc3c(Br)cc(Br)cc3C3CC(c4ccccc4)=NN32)cc1. The lowest BCUT2D eigenvalue weighted by molar-refractivity contribution is -0.0197. The first kappa shape index (κ1) is 25.3. The van der Waals surface area contributed by atoms with Crippen LogP contribution in [0.5, 0.6) is 11.5 Å². The van der Waals surface area contributed by atoms with Gasteiger partial charge in [0.25, 0.3) is 0 Å². The number of rotatable bonds is 10. The number of hydrogen-bond donors (Lipinski definition) is 0. The van der Waals surface area contributed by atoms with Gasteiger partial charge in [-0.1, -0.05) is 85.3 Å². The van der Waals surface area contributed by atoms with Crippen LogP contribution in [0.1, 0.15) is 80.8 Å². The second-order valence-electron chi connectivity index (χ2n) is 9.47. The molecule has 2 aliphatic heterocycles. The van der Waals surface area contributed by atoms with Gasteiger partial charge in [-0.25, -0.2) is 5.01 Å². The van der Waals surface area contributed by atoms with Crippen molar-refractivity contribution in [2.45, 2.75) is 64.1 Å². The third kappa shape index (κ3) is 5.65. The Morgan fingerprint density at radius 3 is 2.47 bits per heavy atom. The van der Waals surface area contributed by atoms with Gasteiger partial charge in [0.15, 0.2) is 0 Å². The van der Waals surface area contributed by atoms with Crippen molar-refractivity contribution in [2.24, 2.45) is 5.10 Å². The summed E-state index contributed by atoms with van der Waals surface area (Å²) in [5.74, 6) is 1.79. The molecule has 4 nitrogen and oxygen atoms in total. The van der Waals surface area contributed by atoms with E-state index < -0.39 is 0 Å². The summed E-state index contributed by atoms with van der Waals surface area (Å²) in [6.45, 7) is 3.01. The van der Waals surface area contributed by atoms with E-state index in [0.29, 0.717) is 0 Å². The molecule has 36 heavy (non-hydrogen) atoms. The third-order valence-electron chi connectivity index (χ3n) is 6.85. The normalized spacial score (nSPS) is 18.3. The molecule has 0 fully saturated rings. The Morgan fingerprint density at radius 1 is 0.944 bits per heavy atom. The average Bonchev–Trinajstić information content (AvgIpc) is 3.35. The van der Waals surface area contributed by atoms with Crippen LogP contribution in [0.15, 0.2) is 80.8 Å². The van der Waals surface area contributed by atoms with Crippen molar-refractivity contribution in [3.63, 3.8) is 0 Å². The summed E-state index contributed by atoms with van der Waals surface area (Å²) in [5, 5.41) is 7.19. The van der Waals surface area contributed by atoms with Crippen LogP contribution in [0.25, 0.3) is 0 Å². The summed E-state index contributed by atoms with van der Waals surface area (Å²) in [7, 11) is 0. The summed E-state index contributed by atoms with van der Waals surface area (Å²) in [5.41, 5.74) is 4.43. The highest BCUT2D eigenvalue weighted by atomic mass is 79.9. The average molecular weight is 612 g/mol. The summed E-state index contributed by atoms with van der Waals surface area (Å²) in [6, 6.07) is 23.0. The number of hydrogen-bond acceptors (Lipinski definition) is 4. The van der Waals surface area contributed by atoms with Crippen molar-refractivity contribution in [1.29, 1.82) is 0 Å². The molecule has 5 rings (SSSR count). The zero-order chi connectivity index (χ0) is 24.9. The van der Waals surface area contributed by atoms with Gasteiger partial charge in [-0.2, -0.15) is 5.10 Å². The van der Waals surface area contributed by atoms with Gasteiger partial charge in [0, 0.05) is 22.0 Å². The van der Waals surface area contributed by atoms with Crippen LogP contribution >= 0.6 is 31.9 Å². The van der Waals surface area contributed by atoms with Gasteiger partial charge in [-0.15, -0.1) is 0 Å². The molecule has 3 aromatic rings. The van der Waals surface area contributed by atoms with Crippen LogP contribution in [0.3, 0.4) is 0 Å². The Morgan fingerprint density at radius 2 is 1.69 bits per heavy atom. The fourth-order valence-electron chi connectivity index (χ4n) is 4.94. The highest BCUT2D eigenvalue weighted by molar-refractivity contribution is 9.11. The molecule has 2 unspecified atom stereocenters. The smallest absolute Gasteiger partial charge is 0.213 e. The second kappa shape index (κ2) is 11.8. The van der Waals surface area contributed by atoms with Gasteiger partial charge >= 0.3 is 0 Å². The topological polar surface area (TPSA) is 34.1 Å². The number of hydrazone groups is 1. The molecular weight excluding hydrogens is 580 g/mol. The molecule has 2 atom stereocenters. The summed E-state index contributed by atoms with van der Waals surface area (Å²) < 4.78 is 14.6. The fraction of sp³-hybridized carbons (Fsp3) is 0.367. The maximum atomic E-state index is 6.60. The van der Waals surface area contributed by atoms with Crippen molar-refractivity contribution in [1.82, 2.24) is 5.01 Å². The molecule has 0 amide bonds. The Bertz CT molecular complexity index is 1200. The first-order chi connectivity index (χ1) is 17.6. The van der Waals surface area contributed by atoms with E-state index in [2.05, 4.69) is 98.4 Å². The lowest BCUT2D eigenvalue weighted by atomic mass is 9.96. The number of nitrogens with zero attached hydrogens (tertiary/aromatic N) is 2. The zero-order valence-corrected chi connectivity index (χ0v) is 23.8. The van der Waals surface area contributed by atoms with Crippen molar-refractivity contribution >= 4 is 37.6 Å². The number of halogens is 2. The molecule has 0 N–H and O–H groups in total. The molecule has 2 heterocycles. The van der Waals surface area contributed by atoms with E-state index in [0.717, 1.165) is 62.3 Å². The molecule has 0 spiro atoms. The predicted molar refractivity (Wildman–Crippen MR) is 153 cm³/mol. The van der Waals surface area contributed by atoms with E-state index in [4.69, 9.17) is 14.6 Å². The Labute approximate surface area is 231 Å². The highest BCUT2D eigenvalue weighted by Gasteiger charge is 2.41. The number of ether oxygens (including phenoxy) is 2. The number of fused-ring (bicyclic) bond motifs is 3. The maximum absolute atomic E-state index is 6.60. The maximum Gasteiger partial charge on any atom is 0.213 e. The van der Waals surface area contributed by atoms with Crippen LogP contribution in [-0.4, -0.2) is 17.3 Å². The van der Waals surface area contributed by atoms with Gasteiger partial charge in [-0.05, 0) is 64.3 Å². The molecule has 0 aromatic heterocycles. The lowest BCUT2D eigenvalue weighted by Gasteiger charge is -2.38. The fourth-order valence-corrected chi connectivity index (χ4v) is 6.29. The van der Waals surface area contributed by atoms with Crippen LogP contribution < -0.4 is 9.47 Å². The molecule has 0 bridgehead atoms. The van der Waals surface area contributed by atoms with Gasteiger partial charge in [-0.3, -0.25) is 0 Å².